The van der Waals surface area contributed by atoms with Gasteiger partial charge in [0.15, 0.2) is 4.32 Å². The summed E-state index contributed by atoms with van der Waals surface area (Å²) in [6.45, 7) is 0.494. The second kappa shape index (κ2) is 10.4. The first kappa shape index (κ1) is 26.1. The van der Waals surface area contributed by atoms with Crippen LogP contribution < -0.4 is 10.2 Å². The number of halogens is 2. The van der Waals surface area contributed by atoms with Crippen LogP contribution in [-0.4, -0.2) is 21.1 Å². The maximum Gasteiger partial charge on any atom is 0.285 e. The molecule has 4 aliphatic carbocycles. The van der Waals surface area contributed by atoms with E-state index in [0.29, 0.717) is 33.6 Å². The Balaban J connectivity index is 1.15. The van der Waals surface area contributed by atoms with Crippen molar-refractivity contribution in [2.24, 2.45) is 23.2 Å². The van der Waals surface area contributed by atoms with Gasteiger partial charge in [-0.15, -0.1) is 0 Å². The standard InChI is InChI=1S/C28H26I2N2O3S2/c29-21-9-17(10-22(30)24(21)35-15-16-4-2-1-3-5-16)11-23-25(33)32(27(36)37-23)31-26(34)28-12-18-6-19(13-28)8-20(7-18)14-28/h1-5,9-11,18-20H,6-8,12-15H2,(H,31,34)/b23-11+. The molecule has 0 radical (unpaired) electrons. The molecular formula is C28H26I2N2O3S2. The molecule has 5 nitrogen and oxygen atoms in total. The van der Waals surface area contributed by atoms with E-state index in [4.69, 9.17) is 17.0 Å². The van der Waals surface area contributed by atoms with Crippen molar-refractivity contribution in [2.75, 3.05) is 0 Å². The van der Waals surface area contributed by atoms with Crippen LogP contribution in [0, 0.1) is 30.3 Å². The van der Waals surface area contributed by atoms with Crippen molar-refractivity contribution < 1.29 is 14.3 Å². The van der Waals surface area contributed by atoms with Crippen molar-refractivity contribution in [1.29, 1.82) is 0 Å². The lowest BCUT2D eigenvalue weighted by Gasteiger charge is -2.55. The molecule has 4 saturated carbocycles. The third-order valence-corrected chi connectivity index (χ3v) is 11.0. The second-order valence-corrected chi connectivity index (χ2v) is 14.7. The molecule has 2 amide bonds. The molecule has 5 fully saturated rings. The fourth-order valence-electron chi connectivity index (χ4n) is 6.85. The molecule has 1 heterocycles. The third-order valence-electron chi connectivity index (χ3n) is 8.07. The molecule has 7 rings (SSSR count). The van der Waals surface area contributed by atoms with Gasteiger partial charge in [0.25, 0.3) is 5.91 Å². The third kappa shape index (κ3) is 5.21. The lowest BCUT2D eigenvalue weighted by molar-refractivity contribution is -0.152. The molecule has 9 heteroatoms. The molecule has 2 aromatic carbocycles. The number of hydrogen-bond acceptors (Lipinski definition) is 5. The number of thiocarbonyl (C=S) groups is 1. The van der Waals surface area contributed by atoms with Gasteiger partial charge in [0, 0.05) is 0 Å². The average Bonchev–Trinajstić information content (AvgIpc) is 3.10. The zero-order valence-electron chi connectivity index (χ0n) is 20.0. The van der Waals surface area contributed by atoms with E-state index < -0.39 is 0 Å². The summed E-state index contributed by atoms with van der Waals surface area (Å²) in [7, 11) is 0. The Morgan fingerprint density at radius 2 is 1.68 bits per heavy atom. The molecule has 4 bridgehead atoms. The molecule has 1 saturated heterocycles. The predicted octanol–water partition coefficient (Wildman–Crippen LogP) is 6.92. The molecule has 1 aliphatic heterocycles. The van der Waals surface area contributed by atoms with E-state index in [1.165, 1.54) is 36.0 Å². The minimum atomic E-state index is -0.330. The van der Waals surface area contributed by atoms with E-state index in [2.05, 4.69) is 50.6 Å². The molecule has 0 unspecified atom stereocenters. The van der Waals surface area contributed by atoms with Crippen molar-refractivity contribution in [2.45, 2.75) is 45.1 Å². The van der Waals surface area contributed by atoms with Crippen LogP contribution >= 0.6 is 69.2 Å². The second-order valence-electron chi connectivity index (χ2n) is 10.7. The number of rotatable bonds is 6. The average molecular weight is 756 g/mol. The predicted molar refractivity (Wildman–Crippen MR) is 166 cm³/mol. The van der Waals surface area contributed by atoms with Gasteiger partial charge in [-0.1, -0.05) is 42.1 Å². The Morgan fingerprint density at radius 3 is 2.27 bits per heavy atom. The lowest BCUT2D eigenvalue weighted by Crippen LogP contribution is -2.57. The van der Waals surface area contributed by atoms with Crippen LogP contribution in [-0.2, 0) is 16.2 Å². The summed E-state index contributed by atoms with van der Waals surface area (Å²) in [5.74, 6) is 2.53. The Morgan fingerprint density at radius 1 is 1.08 bits per heavy atom. The van der Waals surface area contributed by atoms with Crippen molar-refractivity contribution in [3.8, 4) is 5.75 Å². The summed E-state index contributed by atoms with van der Waals surface area (Å²) in [6.07, 6.45) is 8.50. The smallest absolute Gasteiger partial charge is 0.285 e. The molecule has 192 valence electrons. The van der Waals surface area contributed by atoms with Crippen molar-refractivity contribution in [3.05, 3.63) is 65.6 Å². The summed E-state index contributed by atoms with van der Waals surface area (Å²) in [4.78, 5) is 27.3. The number of benzene rings is 2. The summed E-state index contributed by atoms with van der Waals surface area (Å²) < 4.78 is 8.41. The lowest BCUT2D eigenvalue weighted by atomic mass is 9.49. The largest absolute Gasteiger partial charge is 0.487 e. The van der Waals surface area contributed by atoms with Gasteiger partial charge >= 0.3 is 0 Å². The Labute approximate surface area is 253 Å². The SMILES string of the molecule is O=C1/C(=C\c2cc(I)c(OCc3ccccc3)c(I)c2)SC(=S)N1NC(=O)C12CC3CC(CC(C3)C1)C2. The number of thioether (sulfide) groups is 1. The van der Waals surface area contributed by atoms with Gasteiger partial charge in [-0.05, 0) is 143 Å². The van der Waals surface area contributed by atoms with E-state index in [-0.39, 0.29) is 17.2 Å². The summed E-state index contributed by atoms with van der Waals surface area (Å²) in [6, 6.07) is 14.1. The van der Waals surface area contributed by atoms with Crippen LogP contribution in [0.2, 0.25) is 0 Å². The number of ether oxygens (including phenoxy) is 1. The highest BCUT2D eigenvalue weighted by atomic mass is 127. The van der Waals surface area contributed by atoms with Gasteiger partial charge in [-0.25, -0.2) is 0 Å². The highest BCUT2D eigenvalue weighted by Gasteiger charge is 2.55. The van der Waals surface area contributed by atoms with Gasteiger partial charge in [0.1, 0.15) is 12.4 Å². The minimum absolute atomic E-state index is 0.0202. The van der Waals surface area contributed by atoms with Crippen LogP contribution in [0.5, 0.6) is 5.75 Å². The Hall–Kier alpha value is -1.18. The van der Waals surface area contributed by atoms with Gasteiger partial charge in [0.05, 0.1) is 17.5 Å². The zero-order valence-corrected chi connectivity index (χ0v) is 26.0. The number of nitrogens with one attached hydrogen (secondary N) is 1. The van der Waals surface area contributed by atoms with E-state index in [0.717, 1.165) is 43.3 Å². The maximum atomic E-state index is 13.5. The van der Waals surface area contributed by atoms with Crippen molar-refractivity contribution >= 4 is 91.4 Å². The first-order valence-electron chi connectivity index (χ1n) is 12.5. The summed E-state index contributed by atoms with van der Waals surface area (Å²) in [5, 5.41) is 1.29. The maximum absolute atomic E-state index is 13.5. The van der Waals surface area contributed by atoms with Crippen LogP contribution in [0.25, 0.3) is 6.08 Å². The Bertz CT molecular complexity index is 1260. The summed E-state index contributed by atoms with van der Waals surface area (Å²) in [5.41, 5.74) is 4.61. The number of carbonyl (C=O) groups is 2. The fourth-order valence-corrected chi connectivity index (χ4v) is 10.2. The van der Waals surface area contributed by atoms with Crippen LogP contribution in [0.3, 0.4) is 0 Å². The normalized spacial score (nSPS) is 29.3. The molecule has 0 aromatic heterocycles. The van der Waals surface area contributed by atoms with Crippen LogP contribution in [0.1, 0.15) is 49.7 Å². The fraction of sp³-hybridized carbons (Fsp3) is 0.393. The number of hydrogen-bond donors (Lipinski definition) is 1. The van der Waals surface area contributed by atoms with E-state index in [9.17, 15) is 9.59 Å². The van der Waals surface area contributed by atoms with Gasteiger partial charge in [-0.2, -0.15) is 5.01 Å². The molecule has 0 atom stereocenters. The first-order chi connectivity index (χ1) is 17.8. The Kier molecular flexibility index (Phi) is 7.34. The van der Waals surface area contributed by atoms with Crippen LogP contribution in [0.15, 0.2) is 47.4 Å². The molecule has 1 N–H and O–H groups in total. The number of hydrazine groups is 1. The first-order valence-corrected chi connectivity index (χ1v) is 15.9. The molecule has 2 aromatic rings. The molecule has 37 heavy (non-hydrogen) atoms. The highest BCUT2D eigenvalue weighted by Crippen LogP contribution is 2.60. The number of nitrogens with zero attached hydrogens (tertiary/aromatic N) is 1. The zero-order chi connectivity index (χ0) is 25.7. The van der Waals surface area contributed by atoms with E-state index in [1.54, 1.807) is 0 Å². The van der Waals surface area contributed by atoms with Gasteiger partial charge < -0.3 is 4.74 Å². The minimum Gasteiger partial charge on any atom is -0.487 e. The quantitative estimate of drug-likeness (QED) is 0.197. The van der Waals surface area contributed by atoms with Crippen molar-refractivity contribution in [1.82, 2.24) is 10.4 Å². The molecular weight excluding hydrogens is 730 g/mol. The van der Waals surface area contributed by atoms with Crippen molar-refractivity contribution in [3.63, 3.8) is 0 Å². The molecule has 5 aliphatic rings. The van der Waals surface area contributed by atoms with Gasteiger partial charge in [-0.3, -0.25) is 15.0 Å². The van der Waals surface area contributed by atoms with Crippen LogP contribution in [0.4, 0.5) is 0 Å². The number of amides is 2. The van der Waals surface area contributed by atoms with E-state index >= 15 is 0 Å². The van der Waals surface area contributed by atoms with Gasteiger partial charge in [0.2, 0.25) is 5.91 Å². The monoisotopic (exact) mass is 756 g/mol. The molecule has 0 spiro atoms. The number of carbonyl (C=O) groups excluding carboxylic acids is 2. The summed E-state index contributed by atoms with van der Waals surface area (Å²) >= 11 is 11.3. The highest BCUT2D eigenvalue weighted by molar-refractivity contribution is 14.1. The topological polar surface area (TPSA) is 58.6 Å². The van der Waals surface area contributed by atoms with E-state index in [1.807, 2.05) is 48.5 Å².